The van der Waals surface area contributed by atoms with Crippen LogP contribution in [0.25, 0.3) is 0 Å². The highest BCUT2D eigenvalue weighted by Crippen LogP contribution is 2.45. The van der Waals surface area contributed by atoms with Crippen LogP contribution in [0.4, 0.5) is 0 Å². The molecule has 0 spiro atoms. The van der Waals surface area contributed by atoms with Crippen molar-refractivity contribution in [3.05, 3.63) is 0 Å². The van der Waals surface area contributed by atoms with E-state index in [1.165, 1.54) is 13.8 Å². The van der Waals surface area contributed by atoms with Crippen molar-refractivity contribution in [3.8, 4) is 0 Å². The largest absolute Gasteiger partial charge is 0.481 e. The molecule has 4 N–H and O–H groups in total. The molecule has 0 aromatic heterocycles. The highest BCUT2D eigenvalue weighted by molar-refractivity contribution is 7.58. The highest BCUT2D eigenvalue weighted by Gasteiger charge is 2.28. The number of carbonyl (C=O) groups is 1. The van der Waals surface area contributed by atoms with Crippen LogP contribution in [-0.4, -0.2) is 27.9 Å². The van der Waals surface area contributed by atoms with Crippen molar-refractivity contribution in [1.29, 1.82) is 0 Å². The Kier molecular flexibility index (Phi) is 6.63. The summed E-state index contributed by atoms with van der Waals surface area (Å²) in [4.78, 5) is 19.5. The van der Waals surface area contributed by atoms with E-state index in [0.717, 1.165) is 0 Å². The van der Waals surface area contributed by atoms with Crippen molar-refractivity contribution >= 4 is 25.7 Å². The van der Waals surface area contributed by atoms with Gasteiger partial charge in [-0.15, -0.1) is 12.4 Å². The van der Waals surface area contributed by atoms with E-state index in [4.69, 9.17) is 10.8 Å². The van der Waals surface area contributed by atoms with E-state index in [1.807, 2.05) is 0 Å². The number of carboxylic acids is 1. The molecule has 0 aliphatic heterocycles. The highest BCUT2D eigenvalue weighted by atomic mass is 35.5. The smallest absolute Gasteiger partial charge is 0.306 e. The lowest BCUT2D eigenvalue weighted by atomic mass is 10.2. The zero-order valence-corrected chi connectivity index (χ0v) is 9.22. The van der Waals surface area contributed by atoms with Crippen LogP contribution in [0.15, 0.2) is 0 Å². The molecule has 0 radical (unpaired) electrons. The molecule has 3 atom stereocenters. The van der Waals surface area contributed by atoms with Gasteiger partial charge in [0.15, 0.2) is 0 Å². The van der Waals surface area contributed by atoms with Crippen molar-refractivity contribution in [3.63, 3.8) is 0 Å². The normalized spacial score (nSPS) is 19.4. The molecule has 0 bridgehead atoms. The fraction of sp³-hybridized carbons (Fsp3) is 0.833. The quantitative estimate of drug-likeness (QED) is 0.619. The molecule has 0 saturated heterocycles. The van der Waals surface area contributed by atoms with Crippen LogP contribution in [0, 0.1) is 5.92 Å². The summed E-state index contributed by atoms with van der Waals surface area (Å²) in [5.74, 6) is -2.77. The van der Waals surface area contributed by atoms with E-state index in [2.05, 4.69) is 0 Å². The van der Waals surface area contributed by atoms with Crippen molar-refractivity contribution in [1.82, 2.24) is 0 Å². The Morgan fingerprint density at radius 2 is 1.92 bits per heavy atom. The van der Waals surface area contributed by atoms with Gasteiger partial charge in [0, 0.05) is 6.16 Å². The molecule has 0 heterocycles. The first-order valence-corrected chi connectivity index (χ1v) is 5.48. The third kappa shape index (κ3) is 5.26. The molecule has 0 aliphatic rings. The monoisotopic (exact) mass is 231 g/mol. The Balaban J connectivity index is 0. The molecular formula is C6H15ClNO4P. The Bertz CT molecular complexity index is 221. The van der Waals surface area contributed by atoms with Gasteiger partial charge in [-0.3, -0.25) is 9.36 Å². The van der Waals surface area contributed by atoms with Gasteiger partial charge in [0.25, 0.3) is 0 Å². The van der Waals surface area contributed by atoms with Crippen molar-refractivity contribution in [2.45, 2.75) is 19.6 Å². The number of nitrogens with two attached hydrogens (primary N) is 1. The van der Waals surface area contributed by atoms with Gasteiger partial charge in [-0.1, -0.05) is 6.92 Å². The number of hydrogen-bond acceptors (Lipinski definition) is 3. The van der Waals surface area contributed by atoms with Crippen LogP contribution >= 0.6 is 19.8 Å². The van der Waals surface area contributed by atoms with Gasteiger partial charge >= 0.3 is 5.97 Å². The molecule has 7 heteroatoms. The maximum Gasteiger partial charge on any atom is 0.306 e. The molecular weight excluding hydrogens is 216 g/mol. The van der Waals surface area contributed by atoms with E-state index in [0.29, 0.717) is 0 Å². The van der Waals surface area contributed by atoms with Gasteiger partial charge in [0.2, 0.25) is 7.37 Å². The van der Waals surface area contributed by atoms with E-state index < -0.39 is 25.0 Å². The van der Waals surface area contributed by atoms with E-state index in [1.54, 1.807) is 0 Å². The molecule has 0 aliphatic carbocycles. The average molecular weight is 232 g/mol. The van der Waals surface area contributed by atoms with Gasteiger partial charge in [-0.2, -0.15) is 0 Å². The SMILES string of the molecule is C[C@@H](CP(=O)(O)[C@@H](C)N)C(=O)O.Cl. The minimum atomic E-state index is -3.48. The van der Waals surface area contributed by atoms with Gasteiger partial charge < -0.3 is 15.7 Å². The first kappa shape index (κ1) is 15.4. The molecule has 13 heavy (non-hydrogen) atoms. The summed E-state index contributed by atoms with van der Waals surface area (Å²) in [6.45, 7) is 2.78. The average Bonchev–Trinajstić information content (AvgIpc) is 1.85. The number of hydrogen-bond donors (Lipinski definition) is 3. The maximum atomic E-state index is 11.2. The van der Waals surface area contributed by atoms with Crippen LogP contribution in [0.2, 0.25) is 0 Å². The van der Waals surface area contributed by atoms with Crippen LogP contribution in [0.1, 0.15) is 13.8 Å². The lowest BCUT2D eigenvalue weighted by molar-refractivity contribution is -0.140. The topological polar surface area (TPSA) is 101 Å². The van der Waals surface area contributed by atoms with Crippen molar-refractivity contribution in [2.75, 3.05) is 6.16 Å². The third-order valence-electron chi connectivity index (χ3n) is 1.59. The summed E-state index contributed by atoms with van der Waals surface area (Å²) >= 11 is 0. The predicted molar refractivity (Wildman–Crippen MR) is 52.4 cm³/mol. The Morgan fingerprint density at radius 1 is 1.54 bits per heavy atom. The summed E-state index contributed by atoms with van der Waals surface area (Å²) in [5.41, 5.74) is 5.21. The van der Waals surface area contributed by atoms with Crippen LogP contribution in [-0.2, 0) is 9.36 Å². The Morgan fingerprint density at radius 3 is 2.15 bits per heavy atom. The second-order valence-electron chi connectivity index (χ2n) is 2.92. The minimum absolute atomic E-state index is 0. The predicted octanol–water partition coefficient (Wildman–Crippen LogP) is 0.704. The summed E-state index contributed by atoms with van der Waals surface area (Å²) in [6, 6.07) is 0. The number of halogens is 1. The summed E-state index contributed by atoms with van der Waals surface area (Å²) in [6.07, 6.45) is -0.264. The molecule has 80 valence electrons. The molecule has 0 rings (SSSR count). The van der Waals surface area contributed by atoms with Crippen LogP contribution in [0.5, 0.6) is 0 Å². The third-order valence-corrected chi connectivity index (χ3v) is 3.94. The Labute approximate surface area is 83.2 Å². The molecule has 5 nitrogen and oxygen atoms in total. The Hall–Kier alpha value is -0.0900. The zero-order chi connectivity index (χ0) is 9.94. The van der Waals surface area contributed by atoms with Crippen molar-refractivity contribution in [2.24, 2.45) is 11.7 Å². The standard InChI is InChI=1S/C6H14NO4P.ClH/c1-4(6(8)9)3-12(10,11)5(2)7;/h4-5H,3,7H2,1-2H3,(H,8,9)(H,10,11);1H/t4-,5-;/m0./s1. The molecule has 1 unspecified atom stereocenters. The van der Waals surface area contributed by atoms with Crippen molar-refractivity contribution < 1.29 is 19.4 Å². The fourth-order valence-electron chi connectivity index (χ4n) is 0.637. The zero-order valence-electron chi connectivity index (χ0n) is 7.51. The summed E-state index contributed by atoms with van der Waals surface area (Å²) < 4.78 is 11.2. The molecule has 0 amide bonds. The van der Waals surface area contributed by atoms with Gasteiger partial charge in [0.05, 0.1) is 11.7 Å². The van der Waals surface area contributed by atoms with E-state index in [9.17, 15) is 14.3 Å². The summed E-state index contributed by atoms with van der Waals surface area (Å²) in [7, 11) is -3.48. The minimum Gasteiger partial charge on any atom is -0.481 e. The first-order valence-electron chi connectivity index (χ1n) is 3.57. The van der Waals surface area contributed by atoms with Gasteiger partial charge in [0.1, 0.15) is 0 Å². The lowest BCUT2D eigenvalue weighted by Crippen LogP contribution is -2.22. The number of rotatable bonds is 4. The molecule has 0 aromatic carbocycles. The van der Waals surface area contributed by atoms with E-state index in [-0.39, 0.29) is 18.6 Å². The van der Waals surface area contributed by atoms with Gasteiger partial charge in [-0.05, 0) is 6.92 Å². The lowest BCUT2D eigenvalue weighted by Gasteiger charge is -2.16. The maximum absolute atomic E-state index is 11.2. The molecule has 0 fully saturated rings. The fourth-order valence-corrected chi connectivity index (χ4v) is 1.91. The number of carboxylic acid groups (broad SMARTS) is 1. The molecule has 0 saturated carbocycles. The second kappa shape index (κ2) is 5.60. The van der Waals surface area contributed by atoms with E-state index >= 15 is 0 Å². The second-order valence-corrected chi connectivity index (χ2v) is 5.61. The van der Waals surface area contributed by atoms with Gasteiger partial charge in [-0.25, -0.2) is 0 Å². The van der Waals surface area contributed by atoms with Crippen LogP contribution in [0.3, 0.4) is 0 Å². The first-order chi connectivity index (χ1) is 5.27. The number of aliphatic carboxylic acids is 1. The molecule has 0 aromatic rings. The summed E-state index contributed by atoms with van der Waals surface area (Å²) in [5, 5.41) is 8.45. The van der Waals surface area contributed by atoms with Crippen LogP contribution < -0.4 is 5.73 Å².